The highest BCUT2D eigenvalue weighted by atomic mass is 19.1. The van der Waals surface area contributed by atoms with E-state index < -0.39 is 0 Å². The summed E-state index contributed by atoms with van der Waals surface area (Å²) in [6, 6.07) is 6.74. The van der Waals surface area contributed by atoms with E-state index in [4.69, 9.17) is 0 Å². The zero-order valence-corrected chi connectivity index (χ0v) is 13.7. The molecule has 0 saturated heterocycles. The van der Waals surface area contributed by atoms with Crippen molar-refractivity contribution in [2.45, 2.75) is 20.3 Å². The second kappa shape index (κ2) is 6.96. The minimum Gasteiger partial charge on any atom is -0.368 e. The number of anilines is 1. The molecule has 0 unspecified atom stereocenters. The predicted molar refractivity (Wildman–Crippen MR) is 94.5 cm³/mol. The molecule has 1 aromatic carbocycles. The Labute approximate surface area is 135 Å². The first-order valence-electron chi connectivity index (χ1n) is 8.25. The van der Waals surface area contributed by atoms with E-state index in [2.05, 4.69) is 34.0 Å². The fourth-order valence-corrected chi connectivity index (χ4v) is 2.98. The van der Waals surface area contributed by atoms with Crippen LogP contribution < -0.4 is 5.32 Å². The summed E-state index contributed by atoms with van der Waals surface area (Å²) in [5.74, 6) is 0.614. The lowest BCUT2D eigenvalue weighted by Crippen LogP contribution is -2.25. The SMILES string of the molecule is CCN(CC)CCCNc1nccc2c1[nH]c1ccc(F)cc12. The van der Waals surface area contributed by atoms with Crippen LogP contribution in [0.5, 0.6) is 0 Å². The zero-order valence-electron chi connectivity index (χ0n) is 13.7. The largest absolute Gasteiger partial charge is 0.368 e. The van der Waals surface area contributed by atoms with Crippen LogP contribution >= 0.6 is 0 Å². The van der Waals surface area contributed by atoms with E-state index in [1.54, 1.807) is 18.3 Å². The molecular formula is C18H23FN4. The highest BCUT2D eigenvalue weighted by molar-refractivity contribution is 6.10. The van der Waals surface area contributed by atoms with Gasteiger partial charge < -0.3 is 15.2 Å². The van der Waals surface area contributed by atoms with Gasteiger partial charge >= 0.3 is 0 Å². The van der Waals surface area contributed by atoms with Crippen molar-refractivity contribution in [1.29, 1.82) is 0 Å². The van der Waals surface area contributed by atoms with Gasteiger partial charge in [-0.15, -0.1) is 0 Å². The smallest absolute Gasteiger partial charge is 0.150 e. The third-order valence-corrected chi connectivity index (χ3v) is 4.32. The van der Waals surface area contributed by atoms with Crippen molar-refractivity contribution in [2.24, 2.45) is 0 Å². The lowest BCUT2D eigenvalue weighted by molar-refractivity contribution is 0.303. The summed E-state index contributed by atoms with van der Waals surface area (Å²) in [6.07, 6.45) is 2.84. The summed E-state index contributed by atoms with van der Waals surface area (Å²) in [5.41, 5.74) is 1.87. The molecule has 2 heterocycles. The topological polar surface area (TPSA) is 44.0 Å². The standard InChI is InChI=1S/C18H23FN4/c1-3-23(4-2)11-5-9-20-18-17-14(8-10-21-18)15-12-13(19)6-7-16(15)22-17/h6-8,10,12,22H,3-5,9,11H2,1-2H3,(H,20,21). The maximum Gasteiger partial charge on any atom is 0.150 e. The van der Waals surface area contributed by atoms with Crippen molar-refractivity contribution in [3.8, 4) is 0 Å². The van der Waals surface area contributed by atoms with Crippen LogP contribution in [0.2, 0.25) is 0 Å². The van der Waals surface area contributed by atoms with Gasteiger partial charge in [-0.1, -0.05) is 13.8 Å². The fourth-order valence-electron chi connectivity index (χ4n) is 2.98. The van der Waals surface area contributed by atoms with Crippen molar-refractivity contribution in [3.05, 3.63) is 36.3 Å². The number of nitrogens with zero attached hydrogens (tertiary/aromatic N) is 2. The van der Waals surface area contributed by atoms with E-state index in [9.17, 15) is 4.39 Å². The van der Waals surface area contributed by atoms with E-state index in [0.717, 1.165) is 60.2 Å². The van der Waals surface area contributed by atoms with Gasteiger partial charge in [0.05, 0.1) is 5.52 Å². The van der Waals surface area contributed by atoms with Crippen LogP contribution in [0, 0.1) is 5.82 Å². The highest BCUT2D eigenvalue weighted by Gasteiger charge is 2.09. The number of rotatable bonds is 7. The molecule has 4 nitrogen and oxygen atoms in total. The Hall–Kier alpha value is -2.14. The van der Waals surface area contributed by atoms with Gasteiger partial charge in [-0.3, -0.25) is 0 Å². The molecule has 3 rings (SSSR count). The Morgan fingerprint density at radius 3 is 2.78 bits per heavy atom. The molecule has 0 aliphatic carbocycles. The molecule has 0 bridgehead atoms. The van der Waals surface area contributed by atoms with Gasteiger partial charge in [-0.2, -0.15) is 0 Å². The molecule has 23 heavy (non-hydrogen) atoms. The van der Waals surface area contributed by atoms with E-state index in [-0.39, 0.29) is 5.82 Å². The highest BCUT2D eigenvalue weighted by Crippen LogP contribution is 2.29. The third-order valence-electron chi connectivity index (χ3n) is 4.32. The Morgan fingerprint density at radius 1 is 1.17 bits per heavy atom. The Morgan fingerprint density at radius 2 is 2.00 bits per heavy atom. The summed E-state index contributed by atoms with van der Waals surface area (Å²) < 4.78 is 13.5. The van der Waals surface area contributed by atoms with Gasteiger partial charge in [-0.05, 0) is 50.3 Å². The average Bonchev–Trinajstić information content (AvgIpc) is 2.94. The van der Waals surface area contributed by atoms with Crippen LogP contribution in [0.3, 0.4) is 0 Å². The first-order chi connectivity index (χ1) is 11.2. The summed E-state index contributed by atoms with van der Waals surface area (Å²) in [6.45, 7) is 8.47. The van der Waals surface area contributed by atoms with Crippen LogP contribution in [0.15, 0.2) is 30.5 Å². The van der Waals surface area contributed by atoms with Gasteiger partial charge in [0.1, 0.15) is 11.6 Å². The minimum absolute atomic E-state index is 0.219. The van der Waals surface area contributed by atoms with Crippen LogP contribution in [-0.2, 0) is 0 Å². The number of H-pyrrole nitrogens is 1. The monoisotopic (exact) mass is 314 g/mol. The molecule has 0 spiro atoms. The van der Waals surface area contributed by atoms with Gasteiger partial charge in [0.15, 0.2) is 0 Å². The number of pyridine rings is 1. The Balaban J connectivity index is 1.77. The number of nitrogens with one attached hydrogen (secondary N) is 2. The van der Waals surface area contributed by atoms with Crippen molar-refractivity contribution in [2.75, 3.05) is 31.5 Å². The average molecular weight is 314 g/mol. The van der Waals surface area contributed by atoms with Crippen LogP contribution in [0.1, 0.15) is 20.3 Å². The van der Waals surface area contributed by atoms with Crippen LogP contribution in [0.25, 0.3) is 21.8 Å². The molecule has 5 heteroatoms. The van der Waals surface area contributed by atoms with Crippen LogP contribution in [0.4, 0.5) is 10.2 Å². The number of hydrogen-bond donors (Lipinski definition) is 2. The second-order valence-corrected chi connectivity index (χ2v) is 5.70. The molecule has 0 saturated carbocycles. The Kier molecular flexibility index (Phi) is 4.76. The summed E-state index contributed by atoms with van der Waals surface area (Å²) >= 11 is 0. The summed E-state index contributed by atoms with van der Waals surface area (Å²) in [4.78, 5) is 10.2. The number of fused-ring (bicyclic) bond motifs is 3. The molecule has 2 aromatic heterocycles. The molecule has 0 aliphatic rings. The summed E-state index contributed by atoms with van der Waals surface area (Å²) in [5, 5.41) is 5.30. The quantitative estimate of drug-likeness (QED) is 0.648. The molecule has 0 amide bonds. The molecule has 122 valence electrons. The molecular weight excluding hydrogens is 291 g/mol. The fraction of sp³-hybridized carbons (Fsp3) is 0.389. The van der Waals surface area contributed by atoms with Gasteiger partial charge in [-0.25, -0.2) is 9.37 Å². The number of hydrogen-bond acceptors (Lipinski definition) is 3. The number of aromatic amines is 1. The Bertz CT molecular complexity index is 792. The molecule has 3 aromatic rings. The molecule has 2 N–H and O–H groups in total. The number of benzene rings is 1. The van der Waals surface area contributed by atoms with E-state index in [1.165, 1.54) is 6.07 Å². The molecule has 0 radical (unpaired) electrons. The second-order valence-electron chi connectivity index (χ2n) is 5.70. The molecule has 0 aliphatic heterocycles. The van der Waals surface area contributed by atoms with Crippen molar-refractivity contribution in [3.63, 3.8) is 0 Å². The van der Waals surface area contributed by atoms with Crippen molar-refractivity contribution < 1.29 is 4.39 Å². The van der Waals surface area contributed by atoms with E-state index in [1.807, 2.05) is 6.07 Å². The van der Waals surface area contributed by atoms with Crippen molar-refractivity contribution in [1.82, 2.24) is 14.9 Å². The van der Waals surface area contributed by atoms with Crippen LogP contribution in [-0.4, -0.2) is 41.0 Å². The number of aromatic nitrogens is 2. The summed E-state index contributed by atoms with van der Waals surface area (Å²) in [7, 11) is 0. The zero-order chi connectivity index (χ0) is 16.2. The predicted octanol–water partition coefficient (Wildman–Crippen LogP) is 4.00. The van der Waals surface area contributed by atoms with Crippen molar-refractivity contribution >= 4 is 27.6 Å². The molecule has 0 fully saturated rings. The van der Waals surface area contributed by atoms with Gasteiger partial charge in [0.25, 0.3) is 0 Å². The van der Waals surface area contributed by atoms with E-state index >= 15 is 0 Å². The maximum atomic E-state index is 13.5. The molecule has 0 atom stereocenters. The number of halogens is 1. The normalized spacial score (nSPS) is 11.7. The first-order valence-corrected chi connectivity index (χ1v) is 8.25. The minimum atomic E-state index is -0.219. The lowest BCUT2D eigenvalue weighted by atomic mass is 10.2. The third kappa shape index (κ3) is 3.29. The van der Waals surface area contributed by atoms with Gasteiger partial charge in [0.2, 0.25) is 0 Å². The maximum absolute atomic E-state index is 13.5. The first kappa shape index (κ1) is 15.7. The van der Waals surface area contributed by atoms with E-state index in [0.29, 0.717) is 0 Å². The lowest BCUT2D eigenvalue weighted by Gasteiger charge is -2.17. The van der Waals surface area contributed by atoms with Gasteiger partial charge in [0, 0.05) is 29.0 Å².